The van der Waals surface area contributed by atoms with Crippen LogP contribution >= 0.6 is 0 Å². The van der Waals surface area contributed by atoms with Crippen LogP contribution in [0.1, 0.15) is 85.3 Å². The first-order valence-corrected chi connectivity index (χ1v) is 9.78. The van der Waals surface area contributed by atoms with Crippen molar-refractivity contribution in [3.05, 3.63) is 16.9 Å². The number of rotatable bonds is 7. The van der Waals surface area contributed by atoms with Crippen molar-refractivity contribution in [2.24, 2.45) is 0 Å². The van der Waals surface area contributed by atoms with Gasteiger partial charge in [0.05, 0.1) is 18.7 Å². The molecule has 0 aromatic carbocycles. The fraction of sp³-hybridized carbons (Fsp3) is 0.650. The molecule has 1 aromatic rings. The monoisotopic (exact) mass is 378 g/mol. The molecule has 1 fully saturated rings. The van der Waals surface area contributed by atoms with Crippen LogP contribution in [0.3, 0.4) is 0 Å². The van der Waals surface area contributed by atoms with Gasteiger partial charge < -0.3 is 14.5 Å². The van der Waals surface area contributed by atoms with Crippen molar-refractivity contribution < 1.29 is 23.5 Å². The minimum absolute atomic E-state index is 0.0128. The summed E-state index contributed by atoms with van der Waals surface area (Å²) in [5.41, 5.74) is 0.137. The van der Waals surface area contributed by atoms with E-state index in [1.807, 2.05) is 0 Å². The minimum Gasteiger partial charge on any atom is -0.462 e. The summed E-state index contributed by atoms with van der Waals surface area (Å²) in [6.07, 6.45) is 8.25. The predicted molar refractivity (Wildman–Crippen MR) is 102 cm³/mol. The van der Waals surface area contributed by atoms with Crippen molar-refractivity contribution in [2.45, 2.75) is 71.8 Å². The van der Waals surface area contributed by atoms with Crippen molar-refractivity contribution in [1.29, 1.82) is 0 Å². The molecule has 0 atom stereocenters. The molecule has 150 valence electrons. The zero-order valence-electron chi connectivity index (χ0n) is 16.5. The van der Waals surface area contributed by atoms with E-state index in [0.29, 0.717) is 6.04 Å². The van der Waals surface area contributed by atoms with Gasteiger partial charge in [-0.3, -0.25) is 14.9 Å². The quantitative estimate of drug-likeness (QED) is 0.556. The number of Topliss-reactive ketones (excluding diaryl/α,β-unsaturated/α-hetero) is 1. The number of carbonyl (C=O) groups is 3. The Hall–Kier alpha value is -2.15. The van der Waals surface area contributed by atoms with Crippen LogP contribution < -0.4 is 10.6 Å². The summed E-state index contributed by atoms with van der Waals surface area (Å²) in [5, 5.41) is 5.90. The highest BCUT2D eigenvalue weighted by molar-refractivity contribution is 6.10. The Labute approximate surface area is 160 Å². The summed E-state index contributed by atoms with van der Waals surface area (Å²) in [5.74, 6) is -1.05. The van der Waals surface area contributed by atoms with Crippen LogP contribution in [0.2, 0.25) is 0 Å². The highest BCUT2D eigenvalue weighted by Gasteiger charge is 2.28. The summed E-state index contributed by atoms with van der Waals surface area (Å²) < 4.78 is 10.5. The van der Waals surface area contributed by atoms with Crippen molar-refractivity contribution in [3.8, 4) is 0 Å². The maximum absolute atomic E-state index is 12.4. The third kappa shape index (κ3) is 5.92. The molecule has 7 nitrogen and oxygen atoms in total. The molecule has 0 spiro atoms. The van der Waals surface area contributed by atoms with E-state index in [-0.39, 0.29) is 47.6 Å². The standard InChI is InChI=1S/C20H30N2O5/c1-4-26-20(25)18-17(13(2)23)14(3)27-19(18)22-16(24)12-21-15-10-8-6-5-7-9-11-15/h15,21H,4-12H2,1-3H3,(H,22,24). The summed E-state index contributed by atoms with van der Waals surface area (Å²) in [6, 6.07) is 0.326. The van der Waals surface area contributed by atoms with E-state index in [1.54, 1.807) is 13.8 Å². The Kier molecular flexibility index (Phi) is 8.03. The number of carbonyl (C=O) groups excluding carboxylic acids is 3. The summed E-state index contributed by atoms with van der Waals surface area (Å²) in [7, 11) is 0. The second-order valence-corrected chi connectivity index (χ2v) is 6.99. The SMILES string of the molecule is CCOC(=O)c1c(NC(=O)CNC2CCCCCCC2)oc(C)c1C(C)=O. The fourth-order valence-corrected chi connectivity index (χ4v) is 3.52. The van der Waals surface area contributed by atoms with Gasteiger partial charge in [-0.1, -0.05) is 32.1 Å². The highest BCUT2D eigenvalue weighted by Crippen LogP contribution is 2.28. The largest absolute Gasteiger partial charge is 0.462 e. The molecule has 1 heterocycles. The molecule has 0 saturated heterocycles. The summed E-state index contributed by atoms with van der Waals surface area (Å²) in [6.45, 7) is 4.90. The van der Waals surface area contributed by atoms with Crippen LogP contribution in [-0.2, 0) is 9.53 Å². The van der Waals surface area contributed by atoms with Gasteiger partial charge in [0.15, 0.2) is 5.78 Å². The van der Waals surface area contributed by atoms with Crippen molar-refractivity contribution >= 4 is 23.5 Å². The van der Waals surface area contributed by atoms with Gasteiger partial charge >= 0.3 is 5.97 Å². The lowest BCUT2D eigenvalue weighted by Gasteiger charge is -2.20. The number of ether oxygens (including phenoxy) is 1. The zero-order valence-corrected chi connectivity index (χ0v) is 16.5. The highest BCUT2D eigenvalue weighted by atomic mass is 16.5. The lowest BCUT2D eigenvalue weighted by atomic mass is 9.97. The van der Waals surface area contributed by atoms with Crippen molar-refractivity contribution in [3.63, 3.8) is 0 Å². The van der Waals surface area contributed by atoms with Gasteiger partial charge in [0.2, 0.25) is 11.8 Å². The number of hydrogen-bond donors (Lipinski definition) is 2. The van der Waals surface area contributed by atoms with Gasteiger partial charge in [0.1, 0.15) is 11.3 Å². The predicted octanol–water partition coefficient (Wildman–Crippen LogP) is 3.61. The Morgan fingerprint density at radius 3 is 2.30 bits per heavy atom. The van der Waals surface area contributed by atoms with E-state index >= 15 is 0 Å². The first-order chi connectivity index (χ1) is 12.9. The number of anilines is 1. The summed E-state index contributed by atoms with van der Waals surface area (Å²) in [4.78, 5) is 36.5. The molecule has 7 heteroatoms. The average molecular weight is 378 g/mol. The molecule has 2 rings (SSSR count). The second kappa shape index (κ2) is 10.3. The molecule has 0 unspecified atom stereocenters. The average Bonchev–Trinajstić information content (AvgIpc) is 2.90. The van der Waals surface area contributed by atoms with Gasteiger partial charge in [-0.25, -0.2) is 4.79 Å². The Balaban J connectivity index is 2.04. The molecular weight excluding hydrogens is 348 g/mol. The van der Waals surface area contributed by atoms with Gasteiger partial charge in [0, 0.05) is 6.04 Å². The first-order valence-electron chi connectivity index (χ1n) is 9.78. The van der Waals surface area contributed by atoms with Crippen LogP contribution in [0.4, 0.5) is 5.88 Å². The van der Waals surface area contributed by atoms with Crippen molar-refractivity contribution in [2.75, 3.05) is 18.5 Å². The van der Waals surface area contributed by atoms with E-state index in [0.717, 1.165) is 12.8 Å². The van der Waals surface area contributed by atoms with E-state index in [9.17, 15) is 14.4 Å². The maximum Gasteiger partial charge on any atom is 0.344 e. The number of nitrogens with one attached hydrogen (secondary N) is 2. The lowest BCUT2D eigenvalue weighted by Crippen LogP contribution is -2.36. The van der Waals surface area contributed by atoms with E-state index in [1.165, 1.54) is 39.0 Å². The molecule has 1 aromatic heterocycles. The Morgan fingerprint density at radius 2 is 1.70 bits per heavy atom. The van der Waals surface area contributed by atoms with Crippen molar-refractivity contribution in [1.82, 2.24) is 5.32 Å². The first kappa shape index (κ1) is 21.2. The number of furan rings is 1. The Morgan fingerprint density at radius 1 is 1.07 bits per heavy atom. The molecule has 1 amide bonds. The van der Waals surface area contributed by atoms with Crippen LogP contribution in [0.15, 0.2) is 4.42 Å². The molecule has 0 aliphatic heterocycles. The molecule has 1 aliphatic rings. The third-order valence-electron chi connectivity index (χ3n) is 4.83. The van der Waals surface area contributed by atoms with E-state index in [4.69, 9.17) is 9.15 Å². The minimum atomic E-state index is -0.678. The fourth-order valence-electron chi connectivity index (χ4n) is 3.52. The molecule has 0 bridgehead atoms. The van der Waals surface area contributed by atoms with Crippen LogP contribution in [0.5, 0.6) is 0 Å². The zero-order chi connectivity index (χ0) is 19.8. The van der Waals surface area contributed by atoms with Gasteiger partial charge in [-0.2, -0.15) is 0 Å². The maximum atomic E-state index is 12.4. The van der Waals surface area contributed by atoms with Gasteiger partial charge in [-0.15, -0.1) is 0 Å². The lowest BCUT2D eigenvalue weighted by molar-refractivity contribution is -0.115. The third-order valence-corrected chi connectivity index (χ3v) is 4.83. The number of amides is 1. The number of aryl methyl sites for hydroxylation is 1. The molecule has 1 saturated carbocycles. The van der Waals surface area contributed by atoms with Gasteiger partial charge in [0.25, 0.3) is 0 Å². The van der Waals surface area contributed by atoms with E-state index < -0.39 is 5.97 Å². The molecular formula is C20H30N2O5. The number of ketones is 1. The second-order valence-electron chi connectivity index (χ2n) is 6.99. The molecule has 2 N–H and O–H groups in total. The van der Waals surface area contributed by atoms with Crippen LogP contribution in [-0.4, -0.2) is 36.9 Å². The van der Waals surface area contributed by atoms with E-state index in [2.05, 4.69) is 10.6 Å². The van der Waals surface area contributed by atoms with Gasteiger partial charge in [-0.05, 0) is 33.6 Å². The summed E-state index contributed by atoms with van der Waals surface area (Å²) >= 11 is 0. The molecule has 27 heavy (non-hydrogen) atoms. The normalized spacial score (nSPS) is 15.7. The Bertz CT molecular complexity index is 672. The molecule has 1 aliphatic carbocycles. The number of hydrogen-bond acceptors (Lipinski definition) is 6. The van der Waals surface area contributed by atoms with Crippen LogP contribution in [0, 0.1) is 6.92 Å². The topological polar surface area (TPSA) is 97.6 Å². The molecule has 0 radical (unpaired) electrons. The number of esters is 1. The smallest absolute Gasteiger partial charge is 0.344 e. The van der Waals surface area contributed by atoms with Crippen LogP contribution in [0.25, 0.3) is 0 Å².